The standard InChI is InChI=1S/C24H14N4O2P2S2.2C2H5NO2.2V/c29-11-31-23-25-10-18(28-23)20-9-22-21(34-20)8-19(33-22)14-3-1-13(2-4-14)15-5-6-16-17(7-15)27-24(26-16)32-12-30;2*1-5-2(3)4;;/h1-10,31-32H,(H,25,28)(H,26,27);2*1H3,(H2,3,4);;/q-2;;;2*+2/p-2. The number of H-pyrrole nitrogens is 2. The Balaban J connectivity index is 0.000000540. The summed E-state index contributed by atoms with van der Waals surface area (Å²) in [5.41, 5.74) is 19.3. The second kappa shape index (κ2) is 18.7. The van der Waals surface area contributed by atoms with Gasteiger partial charge in [0.1, 0.15) is 0 Å². The van der Waals surface area contributed by atoms with E-state index < -0.39 is 12.2 Å². The van der Waals surface area contributed by atoms with Crippen LogP contribution in [0.2, 0.25) is 0 Å². The van der Waals surface area contributed by atoms with Crippen molar-refractivity contribution in [1.29, 1.82) is 0 Å². The molecule has 6 aromatic rings. The van der Waals surface area contributed by atoms with Crippen LogP contribution in [0.1, 0.15) is 0 Å². The molecule has 0 fully saturated rings. The van der Waals surface area contributed by atoms with Crippen molar-refractivity contribution in [3.05, 3.63) is 72.3 Å². The number of fused-ring (bicyclic) bond motifs is 2. The molecule has 2 unspecified atom stereocenters. The average Bonchev–Trinajstić information content (AvgIpc) is 3.81. The number of hydrogen-bond donors (Lipinski definition) is 2. The zero-order valence-electron chi connectivity index (χ0n) is 23.8. The maximum Gasteiger partial charge on any atom is 2.00 e. The molecular weight excluding hydrogens is 744 g/mol. The Hall–Kier alpha value is -3.31. The summed E-state index contributed by atoms with van der Waals surface area (Å²) in [6.45, 7) is 0. The Morgan fingerprint density at radius 1 is 0.761 bits per heavy atom. The molecule has 46 heavy (non-hydrogen) atoms. The van der Waals surface area contributed by atoms with Gasteiger partial charge in [-0.25, -0.2) is 22.0 Å². The first-order valence-corrected chi connectivity index (χ1v) is 15.9. The first-order chi connectivity index (χ1) is 21.2. The molecule has 12 nitrogen and oxygen atoms in total. The van der Waals surface area contributed by atoms with Crippen molar-refractivity contribution >= 4 is 95.6 Å². The number of nitrogens with zero attached hydrogens (tertiary/aromatic N) is 2. The van der Waals surface area contributed by atoms with E-state index >= 15 is 0 Å². The largest absolute Gasteiger partial charge is 2.00 e. The number of aromatic nitrogens is 4. The molecule has 2 atom stereocenters. The summed E-state index contributed by atoms with van der Waals surface area (Å²) in [4.78, 5) is 57.1. The monoisotopic (exact) mass is 766 g/mol. The van der Waals surface area contributed by atoms with Gasteiger partial charge in [-0.05, 0) is 41.0 Å². The normalized spacial score (nSPS) is 10.4. The van der Waals surface area contributed by atoms with Crippen LogP contribution in [-0.2, 0) is 56.2 Å². The van der Waals surface area contributed by atoms with E-state index in [0.29, 0.717) is 11.1 Å². The van der Waals surface area contributed by atoms with Gasteiger partial charge in [-0.3, -0.25) is 9.59 Å². The number of carbonyl (C=O) groups is 2. The Bertz CT molecular complexity index is 1880. The van der Waals surface area contributed by atoms with Crippen LogP contribution in [0.15, 0.2) is 60.8 Å². The van der Waals surface area contributed by atoms with E-state index in [1.807, 2.05) is 24.2 Å². The van der Waals surface area contributed by atoms with Gasteiger partial charge in [0.25, 0.3) is 0 Å². The SMILES string of the molecule is COC([NH-])=O.COC([NH-])=O.O=[C-]Pc1ncc(-c2cc3sc(-c4ccc(-c5ccc6nc(P[C-]=O)[nH]c6c5)cc4)cc3s2)[nH]1.[V+2].[V+2]. The second-order valence-electron chi connectivity index (χ2n) is 8.43. The fourth-order valence-corrected chi connectivity index (χ4v) is 7.05. The molecule has 0 aliphatic carbocycles. The maximum absolute atomic E-state index is 10.6. The minimum atomic E-state index is -0.995. The van der Waals surface area contributed by atoms with Gasteiger partial charge < -0.3 is 40.5 Å². The minimum absolute atomic E-state index is 0. The second-order valence-corrected chi connectivity index (χ2v) is 12.5. The van der Waals surface area contributed by atoms with Gasteiger partial charge >= 0.3 is 37.1 Å². The van der Waals surface area contributed by atoms with Crippen LogP contribution in [0, 0.1) is 0 Å². The Kier molecular flexibility index (Phi) is 15.8. The third-order valence-corrected chi connectivity index (χ3v) is 9.29. The number of methoxy groups -OCH3 is 2. The van der Waals surface area contributed by atoms with Gasteiger partial charge in [0.15, 0.2) is 0 Å². The smallest absolute Gasteiger partial charge is 0.632 e. The summed E-state index contributed by atoms with van der Waals surface area (Å²) < 4.78 is 10.0. The third kappa shape index (κ3) is 10.4. The van der Waals surface area contributed by atoms with Crippen LogP contribution >= 0.6 is 39.8 Å². The van der Waals surface area contributed by atoms with Crippen molar-refractivity contribution in [2.24, 2.45) is 0 Å². The number of aromatic amines is 2. The molecule has 2 radical (unpaired) electrons. The molecule has 4 N–H and O–H groups in total. The molecule has 4 heterocycles. The summed E-state index contributed by atoms with van der Waals surface area (Å²) in [6, 6.07) is 22.8. The van der Waals surface area contributed by atoms with E-state index in [2.05, 4.69) is 71.9 Å². The van der Waals surface area contributed by atoms with Crippen molar-refractivity contribution in [3.8, 4) is 32.1 Å². The minimum Gasteiger partial charge on any atom is -0.632 e. The van der Waals surface area contributed by atoms with Gasteiger partial charge in [-0.2, -0.15) is 17.2 Å². The van der Waals surface area contributed by atoms with Crippen molar-refractivity contribution in [2.75, 3.05) is 14.2 Å². The molecule has 0 aliphatic rings. The number of nitrogens with one attached hydrogen (secondary N) is 4. The molecular formula is C28H22N6O6P2S2V2. The number of hydrogen-bond acceptors (Lipinski definition) is 10. The molecule has 2 aromatic carbocycles. The molecule has 4 aromatic heterocycles. The van der Waals surface area contributed by atoms with Crippen LogP contribution in [0.4, 0.5) is 9.59 Å². The number of benzene rings is 2. The van der Waals surface area contributed by atoms with E-state index in [1.165, 1.54) is 19.8 Å². The quantitative estimate of drug-likeness (QED) is 0.129. The summed E-state index contributed by atoms with van der Waals surface area (Å²) in [5.74, 6) is 0. The van der Waals surface area contributed by atoms with Crippen molar-refractivity contribution < 1.29 is 65.8 Å². The van der Waals surface area contributed by atoms with E-state index in [1.54, 1.807) is 28.9 Å². The number of thiophene rings is 2. The summed E-state index contributed by atoms with van der Waals surface area (Å²) in [7, 11) is 2.17. The average molecular weight is 766 g/mol. The maximum atomic E-state index is 10.6. The molecule has 6 rings (SSSR count). The molecule has 18 heteroatoms. The predicted molar refractivity (Wildman–Crippen MR) is 179 cm³/mol. The molecule has 0 aliphatic heterocycles. The van der Waals surface area contributed by atoms with Crippen LogP contribution in [-0.4, -0.2) is 58.4 Å². The Morgan fingerprint density at radius 3 is 1.87 bits per heavy atom. The van der Waals surface area contributed by atoms with Crippen LogP contribution in [0.25, 0.3) is 64.0 Å². The summed E-state index contributed by atoms with van der Waals surface area (Å²) >= 11 is 3.48. The number of ether oxygens (including phenoxy) is 2. The molecule has 2 amide bonds. The molecule has 0 spiro atoms. The molecule has 0 bridgehead atoms. The van der Waals surface area contributed by atoms with E-state index in [9.17, 15) is 19.2 Å². The van der Waals surface area contributed by atoms with Crippen LogP contribution in [0.3, 0.4) is 0 Å². The fraction of sp³-hybridized carbons (Fsp3) is 0.0714. The predicted octanol–water partition coefficient (Wildman–Crippen LogP) is 6.91. The van der Waals surface area contributed by atoms with E-state index in [4.69, 9.17) is 11.5 Å². The van der Waals surface area contributed by atoms with Gasteiger partial charge in [-0.15, -0.1) is 22.7 Å². The number of imidazole rings is 2. The Labute approximate surface area is 298 Å². The van der Waals surface area contributed by atoms with E-state index in [0.717, 1.165) is 47.0 Å². The number of carbonyl (C=O) groups excluding carboxylic acids is 4. The van der Waals surface area contributed by atoms with Crippen LogP contribution < -0.4 is 11.1 Å². The van der Waals surface area contributed by atoms with E-state index in [-0.39, 0.29) is 54.3 Å². The fourth-order valence-electron chi connectivity index (χ4n) is 3.79. The zero-order valence-corrected chi connectivity index (χ0v) is 30.3. The summed E-state index contributed by atoms with van der Waals surface area (Å²) in [6.07, 6.45) is -0.216. The van der Waals surface area contributed by atoms with Crippen molar-refractivity contribution in [1.82, 2.24) is 19.9 Å². The zero-order chi connectivity index (χ0) is 31.6. The van der Waals surface area contributed by atoms with Gasteiger partial charge in [0.05, 0.1) is 53.2 Å². The van der Waals surface area contributed by atoms with Gasteiger partial charge in [0.2, 0.25) is 12.2 Å². The summed E-state index contributed by atoms with van der Waals surface area (Å²) in [5, 5.41) is 0. The van der Waals surface area contributed by atoms with Gasteiger partial charge in [0, 0.05) is 14.3 Å². The first-order valence-electron chi connectivity index (χ1n) is 12.3. The topological polar surface area (TPSA) is 192 Å². The van der Waals surface area contributed by atoms with Crippen LogP contribution in [0.5, 0.6) is 0 Å². The third-order valence-electron chi connectivity index (χ3n) is 5.74. The Morgan fingerprint density at radius 2 is 1.28 bits per heavy atom. The molecule has 232 valence electrons. The number of rotatable bonds is 7. The van der Waals surface area contributed by atoms with Gasteiger partial charge in [-0.1, -0.05) is 30.3 Å². The van der Waals surface area contributed by atoms with Crippen molar-refractivity contribution in [3.63, 3.8) is 0 Å². The number of amides is 2. The van der Waals surface area contributed by atoms with Crippen molar-refractivity contribution in [2.45, 2.75) is 0 Å². The first kappa shape index (κ1) is 38.9. The molecule has 0 saturated heterocycles. The molecule has 0 saturated carbocycles.